The number of rotatable bonds is 3. The lowest BCUT2D eigenvalue weighted by atomic mass is 9.86. The number of esters is 1. The lowest BCUT2D eigenvalue weighted by Gasteiger charge is -2.27. The first-order chi connectivity index (χ1) is 9.99. The highest BCUT2D eigenvalue weighted by Gasteiger charge is 2.27. The minimum absolute atomic E-state index is 0.0705. The fourth-order valence-electron chi connectivity index (χ4n) is 2.49. The van der Waals surface area contributed by atoms with E-state index >= 15 is 0 Å². The van der Waals surface area contributed by atoms with Gasteiger partial charge in [-0.25, -0.2) is 4.79 Å². The molecule has 21 heavy (non-hydrogen) atoms. The zero-order valence-corrected chi connectivity index (χ0v) is 11.6. The quantitative estimate of drug-likeness (QED) is 0.651. The van der Waals surface area contributed by atoms with Crippen molar-refractivity contribution in [2.24, 2.45) is 5.92 Å². The number of hydrogen-bond acceptors (Lipinski definition) is 5. The number of carbonyl (C=O) groups is 2. The standard InChI is InChI=1S/C13H17N3O5/c1-21-12(19)7-2-4-8(5-3-7)14-11(18)9-6-10(17)16-13(20)15-9/h6-8H,2-5H2,1H3,(H,14,18)(H2,15,16,17,20). The molecule has 1 fully saturated rings. The first-order valence-electron chi connectivity index (χ1n) is 6.72. The van der Waals surface area contributed by atoms with Gasteiger partial charge in [0.25, 0.3) is 11.5 Å². The van der Waals surface area contributed by atoms with Gasteiger partial charge < -0.3 is 15.0 Å². The van der Waals surface area contributed by atoms with Crippen LogP contribution in [0.5, 0.6) is 0 Å². The van der Waals surface area contributed by atoms with Crippen LogP contribution < -0.4 is 16.6 Å². The Bertz CT molecular complexity index is 611. The second kappa shape index (κ2) is 6.38. The molecule has 0 aromatic carbocycles. The summed E-state index contributed by atoms with van der Waals surface area (Å²) in [6.45, 7) is 0. The highest BCUT2D eigenvalue weighted by molar-refractivity contribution is 5.92. The van der Waals surface area contributed by atoms with Gasteiger partial charge in [-0.1, -0.05) is 0 Å². The van der Waals surface area contributed by atoms with Gasteiger partial charge in [0.2, 0.25) is 0 Å². The summed E-state index contributed by atoms with van der Waals surface area (Å²) >= 11 is 0. The molecular weight excluding hydrogens is 278 g/mol. The molecule has 0 atom stereocenters. The fraction of sp³-hybridized carbons (Fsp3) is 0.538. The molecule has 0 spiro atoms. The minimum atomic E-state index is -0.720. The molecule has 0 unspecified atom stereocenters. The van der Waals surface area contributed by atoms with Crippen LogP contribution in [0.4, 0.5) is 0 Å². The molecule has 1 amide bonds. The lowest BCUT2D eigenvalue weighted by Crippen LogP contribution is -2.40. The molecule has 1 heterocycles. The van der Waals surface area contributed by atoms with Gasteiger partial charge in [0.1, 0.15) is 5.69 Å². The summed E-state index contributed by atoms with van der Waals surface area (Å²) in [4.78, 5) is 49.9. The highest BCUT2D eigenvalue weighted by Crippen LogP contribution is 2.25. The van der Waals surface area contributed by atoms with E-state index in [-0.39, 0.29) is 23.6 Å². The van der Waals surface area contributed by atoms with Crippen molar-refractivity contribution in [1.82, 2.24) is 15.3 Å². The van der Waals surface area contributed by atoms with E-state index in [2.05, 4.69) is 10.3 Å². The molecule has 1 aromatic heterocycles. The second-order valence-corrected chi connectivity index (χ2v) is 5.05. The van der Waals surface area contributed by atoms with Crippen LogP contribution in [-0.4, -0.2) is 35.0 Å². The van der Waals surface area contributed by atoms with Gasteiger partial charge in [-0.15, -0.1) is 0 Å². The van der Waals surface area contributed by atoms with Crippen molar-refractivity contribution in [3.8, 4) is 0 Å². The molecule has 1 saturated carbocycles. The van der Waals surface area contributed by atoms with Crippen molar-refractivity contribution in [2.75, 3.05) is 7.11 Å². The molecular formula is C13H17N3O5. The predicted octanol–water partition coefficient (Wildman–Crippen LogP) is -0.475. The van der Waals surface area contributed by atoms with Crippen LogP contribution in [0.25, 0.3) is 0 Å². The third-order valence-electron chi connectivity index (χ3n) is 3.60. The highest BCUT2D eigenvalue weighted by atomic mass is 16.5. The molecule has 2 rings (SSSR count). The maximum Gasteiger partial charge on any atom is 0.326 e. The van der Waals surface area contributed by atoms with Crippen LogP contribution in [0.2, 0.25) is 0 Å². The van der Waals surface area contributed by atoms with E-state index in [0.717, 1.165) is 6.07 Å². The Kier molecular flexibility index (Phi) is 4.56. The SMILES string of the molecule is COC(=O)C1CCC(NC(=O)c2cc(=O)[nH]c(=O)[nH]2)CC1. The van der Waals surface area contributed by atoms with Crippen molar-refractivity contribution in [3.05, 3.63) is 32.6 Å². The van der Waals surface area contributed by atoms with Crippen molar-refractivity contribution < 1.29 is 14.3 Å². The Morgan fingerprint density at radius 1 is 1.19 bits per heavy atom. The largest absolute Gasteiger partial charge is 0.469 e. The number of hydrogen-bond donors (Lipinski definition) is 3. The van der Waals surface area contributed by atoms with E-state index in [4.69, 9.17) is 4.74 Å². The fourth-order valence-corrected chi connectivity index (χ4v) is 2.49. The molecule has 1 aromatic rings. The van der Waals surface area contributed by atoms with Gasteiger partial charge in [-0.05, 0) is 25.7 Å². The van der Waals surface area contributed by atoms with E-state index in [1.54, 1.807) is 0 Å². The number of H-pyrrole nitrogens is 2. The van der Waals surface area contributed by atoms with Crippen LogP contribution in [0.1, 0.15) is 36.2 Å². The maximum atomic E-state index is 12.0. The van der Waals surface area contributed by atoms with E-state index < -0.39 is 17.2 Å². The zero-order valence-electron chi connectivity index (χ0n) is 11.6. The normalized spacial score (nSPS) is 21.6. The Labute approximate surface area is 119 Å². The number of ether oxygens (including phenoxy) is 1. The molecule has 1 aliphatic carbocycles. The molecule has 0 radical (unpaired) electrons. The third kappa shape index (κ3) is 3.80. The Balaban J connectivity index is 1.94. The van der Waals surface area contributed by atoms with E-state index in [1.807, 2.05) is 4.98 Å². The molecule has 0 bridgehead atoms. The number of nitrogens with one attached hydrogen (secondary N) is 3. The number of aromatic nitrogens is 2. The van der Waals surface area contributed by atoms with Gasteiger partial charge in [-0.2, -0.15) is 0 Å². The lowest BCUT2D eigenvalue weighted by molar-refractivity contribution is -0.146. The zero-order chi connectivity index (χ0) is 15.4. The summed E-state index contributed by atoms with van der Waals surface area (Å²) in [6.07, 6.45) is 2.59. The maximum absolute atomic E-state index is 12.0. The summed E-state index contributed by atoms with van der Waals surface area (Å²) in [5.74, 6) is -0.846. The summed E-state index contributed by atoms with van der Waals surface area (Å²) in [5, 5.41) is 2.75. The average molecular weight is 295 g/mol. The van der Waals surface area contributed by atoms with Crippen LogP contribution in [0.15, 0.2) is 15.7 Å². The topological polar surface area (TPSA) is 121 Å². The van der Waals surface area contributed by atoms with Crippen LogP contribution >= 0.6 is 0 Å². The van der Waals surface area contributed by atoms with E-state index in [9.17, 15) is 19.2 Å². The number of amides is 1. The molecule has 0 aliphatic heterocycles. The van der Waals surface area contributed by atoms with Crippen LogP contribution in [0, 0.1) is 5.92 Å². The monoisotopic (exact) mass is 295 g/mol. The third-order valence-corrected chi connectivity index (χ3v) is 3.60. The Hall–Kier alpha value is -2.38. The number of methoxy groups -OCH3 is 1. The van der Waals surface area contributed by atoms with E-state index in [0.29, 0.717) is 25.7 Å². The number of aromatic amines is 2. The van der Waals surface area contributed by atoms with Gasteiger partial charge >= 0.3 is 11.7 Å². The van der Waals surface area contributed by atoms with Crippen LogP contribution in [0.3, 0.4) is 0 Å². The summed E-state index contributed by atoms with van der Waals surface area (Å²) in [5.41, 5.74) is -1.42. The molecule has 114 valence electrons. The first-order valence-corrected chi connectivity index (χ1v) is 6.72. The molecule has 8 heteroatoms. The van der Waals surface area contributed by atoms with Crippen molar-refractivity contribution in [1.29, 1.82) is 0 Å². The average Bonchev–Trinajstić information content (AvgIpc) is 2.46. The second-order valence-electron chi connectivity index (χ2n) is 5.05. The minimum Gasteiger partial charge on any atom is -0.469 e. The van der Waals surface area contributed by atoms with Gasteiger partial charge in [0, 0.05) is 12.1 Å². The summed E-state index contributed by atoms with van der Waals surface area (Å²) in [6, 6.07) is 0.956. The van der Waals surface area contributed by atoms with Gasteiger partial charge in [-0.3, -0.25) is 19.4 Å². The Morgan fingerprint density at radius 3 is 2.43 bits per heavy atom. The summed E-state index contributed by atoms with van der Waals surface area (Å²) in [7, 11) is 1.36. The Morgan fingerprint density at radius 2 is 1.86 bits per heavy atom. The van der Waals surface area contributed by atoms with E-state index in [1.165, 1.54) is 7.11 Å². The molecule has 3 N–H and O–H groups in total. The van der Waals surface area contributed by atoms with Gasteiger partial charge in [0.05, 0.1) is 13.0 Å². The molecule has 0 saturated heterocycles. The van der Waals surface area contributed by atoms with Crippen LogP contribution in [-0.2, 0) is 9.53 Å². The molecule has 1 aliphatic rings. The first kappa shape index (κ1) is 15.0. The number of carbonyl (C=O) groups excluding carboxylic acids is 2. The predicted molar refractivity (Wildman–Crippen MR) is 72.9 cm³/mol. The summed E-state index contributed by atoms with van der Waals surface area (Å²) < 4.78 is 4.70. The van der Waals surface area contributed by atoms with Crippen molar-refractivity contribution >= 4 is 11.9 Å². The molecule has 8 nitrogen and oxygen atoms in total. The van der Waals surface area contributed by atoms with Crippen molar-refractivity contribution in [3.63, 3.8) is 0 Å². The van der Waals surface area contributed by atoms with Crippen molar-refractivity contribution in [2.45, 2.75) is 31.7 Å². The smallest absolute Gasteiger partial charge is 0.326 e. The van der Waals surface area contributed by atoms with Gasteiger partial charge in [0.15, 0.2) is 0 Å².